The van der Waals surface area contributed by atoms with Crippen LogP contribution in [0.25, 0.3) is 0 Å². The second kappa shape index (κ2) is 5.07. The lowest BCUT2D eigenvalue weighted by atomic mass is 9.98. The maximum atomic E-state index is 12.7. The Bertz CT molecular complexity index is 542. The molecule has 0 unspecified atom stereocenters. The summed E-state index contributed by atoms with van der Waals surface area (Å²) in [6.45, 7) is 4.73. The summed E-state index contributed by atoms with van der Waals surface area (Å²) in [7, 11) is 0. The number of rotatable bonds is 1. The van der Waals surface area contributed by atoms with E-state index in [2.05, 4.69) is 5.32 Å². The van der Waals surface area contributed by atoms with Crippen molar-refractivity contribution in [3.8, 4) is 0 Å². The van der Waals surface area contributed by atoms with E-state index in [1.54, 1.807) is 16.2 Å². The van der Waals surface area contributed by atoms with Gasteiger partial charge in [0.25, 0.3) is 5.91 Å². The van der Waals surface area contributed by atoms with Gasteiger partial charge in [0.2, 0.25) is 5.91 Å². The monoisotopic (exact) mass is 310 g/mol. The number of nitrogens with zero attached hydrogens (tertiary/aromatic N) is 1. The number of fused-ring (bicyclic) bond motifs is 1. The number of amides is 2. The number of piperazine rings is 1. The average molecular weight is 310 g/mol. The van der Waals surface area contributed by atoms with Gasteiger partial charge in [0.05, 0.1) is 4.88 Å². The molecule has 0 aliphatic carbocycles. The van der Waals surface area contributed by atoms with E-state index in [9.17, 15) is 9.59 Å². The zero-order chi connectivity index (χ0) is 14.3. The van der Waals surface area contributed by atoms with Gasteiger partial charge >= 0.3 is 0 Å². The molecule has 2 amide bonds. The van der Waals surface area contributed by atoms with Crippen molar-refractivity contribution in [2.24, 2.45) is 0 Å². The highest BCUT2D eigenvalue weighted by Gasteiger charge is 2.41. The van der Waals surface area contributed by atoms with Gasteiger partial charge < -0.3 is 10.2 Å². The van der Waals surface area contributed by atoms with Crippen LogP contribution < -0.4 is 5.32 Å². The minimum atomic E-state index is -0.769. The third kappa shape index (κ3) is 2.24. The van der Waals surface area contributed by atoms with Crippen LogP contribution in [-0.4, -0.2) is 41.1 Å². The normalized spacial score (nSPS) is 21.3. The molecular formula is C14H18N2O2S2. The number of carbonyl (C=O) groups excluding carboxylic acids is 2. The molecule has 1 aromatic heterocycles. The fourth-order valence-corrected chi connectivity index (χ4v) is 4.96. The lowest BCUT2D eigenvalue weighted by molar-refractivity contribution is -0.133. The van der Waals surface area contributed by atoms with E-state index in [4.69, 9.17) is 0 Å². The molecule has 0 aromatic carbocycles. The number of thiophene rings is 1. The average Bonchev–Trinajstić information content (AvgIpc) is 2.85. The highest BCUT2D eigenvalue weighted by molar-refractivity contribution is 7.98. The Morgan fingerprint density at radius 3 is 3.00 bits per heavy atom. The largest absolute Gasteiger partial charge is 0.352 e. The first kappa shape index (κ1) is 13.9. The number of nitrogens with one attached hydrogen (secondary N) is 1. The highest BCUT2D eigenvalue weighted by atomic mass is 32.2. The number of hydrogen-bond donors (Lipinski definition) is 1. The zero-order valence-corrected chi connectivity index (χ0v) is 13.3. The van der Waals surface area contributed by atoms with Gasteiger partial charge in [0.15, 0.2) is 0 Å². The number of carbonyl (C=O) groups is 2. The smallest absolute Gasteiger partial charge is 0.264 e. The lowest BCUT2D eigenvalue weighted by Crippen LogP contribution is -2.63. The lowest BCUT2D eigenvalue weighted by Gasteiger charge is -2.40. The molecule has 1 aromatic rings. The summed E-state index contributed by atoms with van der Waals surface area (Å²) in [5.41, 5.74) is 0.531. The molecule has 2 aliphatic heterocycles. The second-order valence-electron chi connectivity index (χ2n) is 5.63. The van der Waals surface area contributed by atoms with E-state index in [1.807, 2.05) is 31.7 Å². The van der Waals surface area contributed by atoms with Crippen molar-refractivity contribution in [1.82, 2.24) is 10.2 Å². The summed E-state index contributed by atoms with van der Waals surface area (Å²) in [4.78, 5) is 28.5. The number of aryl methyl sites for hydroxylation is 1. The van der Waals surface area contributed by atoms with Gasteiger partial charge in [0, 0.05) is 23.7 Å². The first-order valence-corrected chi connectivity index (χ1v) is 8.77. The molecule has 0 bridgehead atoms. The van der Waals surface area contributed by atoms with Gasteiger partial charge in [-0.05, 0) is 37.7 Å². The van der Waals surface area contributed by atoms with Crippen molar-refractivity contribution in [3.63, 3.8) is 0 Å². The van der Waals surface area contributed by atoms with Crippen LogP contribution in [0.1, 0.15) is 34.0 Å². The van der Waals surface area contributed by atoms with Crippen molar-refractivity contribution in [3.05, 3.63) is 21.4 Å². The maximum absolute atomic E-state index is 12.7. The van der Waals surface area contributed by atoms with Crippen LogP contribution in [0.2, 0.25) is 0 Å². The Hall–Kier alpha value is -1.01. The quantitative estimate of drug-likeness (QED) is 0.862. The Morgan fingerprint density at radius 2 is 2.25 bits per heavy atom. The molecule has 2 aliphatic rings. The molecule has 3 rings (SSSR count). The van der Waals surface area contributed by atoms with E-state index in [1.165, 1.54) is 10.4 Å². The van der Waals surface area contributed by atoms with Crippen LogP contribution in [0.5, 0.6) is 0 Å². The zero-order valence-electron chi connectivity index (χ0n) is 11.7. The SMILES string of the molecule is CC1(C)C(=O)NCCN1C(=O)c1cc2c(s1)CCSC2. The molecule has 0 radical (unpaired) electrons. The summed E-state index contributed by atoms with van der Waals surface area (Å²) in [6.07, 6.45) is 1.06. The second-order valence-corrected chi connectivity index (χ2v) is 7.88. The third-order valence-electron chi connectivity index (χ3n) is 3.94. The van der Waals surface area contributed by atoms with Gasteiger partial charge in [-0.3, -0.25) is 9.59 Å². The summed E-state index contributed by atoms with van der Waals surface area (Å²) >= 11 is 3.52. The molecule has 1 N–H and O–H groups in total. The van der Waals surface area contributed by atoms with Crippen molar-refractivity contribution >= 4 is 34.9 Å². The predicted molar refractivity (Wildman–Crippen MR) is 82.3 cm³/mol. The van der Waals surface area contributed by atoms with Crippen LogP contribution in [0.15, 0.2) is 6.07 Å². The molecule has 108 valence electrons. The van der Waals surface area contributed by atoms with E-state index in [0.29, 0.717) is 13.1 Å². The van der Waals surface area contributed by atoms with Crippen molar-refractivity contribution in [2.45, 2.75) is 31.6 Å². The van der Waals surface area contributed by atoms with Gasteiger partial charge in [-0.2, -0.15) is 11.8 Å². The molecule has 3 heterocycles. The van der Waals surface area contributed by atoms with Gasteiger partial charge in [0.1, 0.15) is 5.54 Å². The maximum Gasteiger partial charge on any atom is 0.264 e. The molecule has 0 saturated carbocycles. The van der Waals surface area contributed by atoms with Gasteiger partial charge in [-0.25, -0.2) is 0 Å². The third-order valence-corrected chi connectivity index (χ3v) is 6.17. The standard InChI is InChI=1S/C14H18N2O2S2/c1-14(2)13(18)15-4-5-16(14)12(17)11-7-9-8-19-6-3-10(9)20-11/h7H,3-6,8H2,1-2H3,(H,15,18). The molecule has 1 saturated heterocycles. The van der Waals surface area contributed by atoms with Gasteiger partial charge in [-0.1, -0.05) is 0 Å². The van der Waals surface area contributed by atoms with E-state index >= 15 is 0 Å². The topological polar surface area (TPSA) is 49.4 Å². The van der Waals surface area contributed by atoms with Crippen molar-refractivity contribution in [1.29, 1.82) is 0 Å². The first-order valence-electron chi connectivity index (χ1n) is 6.80. The van der Waals surface area contributed by atoms with Crippen molar-refractivity contribution in [2.75, 3.05) is 18.8 Å². The number of thioether (sulfide) groups is 1. The van der Waals surface area contributed by atoms with Crippen LogP contribution in [-0.2, 0) is 17.0 Å². The first-order chi connectivity index (χ1) is 9.50. The Kier molecular flexibility index (Phi) is 3.54. The minimum absolute atomic E-state index is 0.00532. The Balaban J connectivity index is 1.88. The van der Waals surface area contributed by atoms with Crippen LogP contribution >= 0.6 is 23.1 Å². The van der Waals surface area contributed by atoms with Crippen molar-refractivity contribution < 1.29 is 9.59 Å². The fraction of sp³-hybridized carbons (Fsp3) is 0.571. The van der Waals surface area contributed by atoms with Gasteiger partial charge in [-0.15, -0.1) is 11.3 Å². The molecule has 6 heteroatoms. The van der Waals surface area contributed by atoms with Crippen LogP contribution in [0.4, 0.5) is 0 Å². The minimum Gasteiger partial charge on any atom is -0.352 e. The Morgan fingerprint density at radius 1 is 1.45 bits per heavy atom. The Labute approximate surface area is 126 Å². The molecule has 20 heavy (non-hydrogen) atoms. The van der Waals surface area contributed by atoms with E-state index in [-0.39, 0.29) is 11.8 Å². The molecular weight excluding hydrogens is 292 g/mol. The van der Waals surface area contributed by atoms with E-state index < -0.39 is 5.54 Å². The van der Waals surface area contributed by atoms with Crippen LogP contribution in [0, 0.1) is 0 Å². The predicted octanol–water partition coefficient (Wildman–Crippen LogP) is 1.89. The fourth-order valence-electron chi connectivity index (χ4n) is 2.64. The molecule has 0 spiro atoms. The summed E-state index contributed by atoms with van der Waals surface area (Å²) in [5.74, 6) is 2.06. The summed E-state index contributed by atoms with van der Waals surface area (Å²) < 4.78 is 0. The highest BCUT2D eigenvalue weighted by Crippen LogP contribution is 2.33. The molecule has 1 fully saturated rings. The number of hydrogen-bond acceptors (Lipinski definition) is 4. The summed E-state index contributed by atoms with van der Waals surface area (Å²) in [5, 5.41) is 2.82. The molecule has 4 nitrogen and oxygen atoms in total. The van der Waals surface area contributed by atoms with E-state index in [0.717, 1.165) is 22.8 Å². The molecule has 0 atom stereocenters. The van der Waals surface area contributed by atoms with Crippen LogP contribution in [0.3, 0.4) is 0 Å². The summed E-state index contributed by atoms with van der Waals surface area (Å²) in [6, 6.07) is 2.02.